The first-order valence-electron chi connectivity index (χ1n) is 3.94. The van der Waals surface area contributed by atoms with E-state index in [0.29, 0.717) is 6.79 Å². The lowest BCUT2D eigenvalue weighted by Crippen LogP contribution is -2.02. The van der Waals surface area contributed by atoms with Crippen LogP contribution in [0.1, 0.15) is 19.8 Å². The lowest BCUT2D eigenvalue weighted by molar-refractivity contribution is -0.0320. The minimum atomic E-state index is 0.419. The van der Waals surface area contributed by atoms with Gasteiger partial charge in [0.2, 0.25) is 0 Å². The molecule has 3 heteroatoms. The molecule has 1 atom stereocenters. The molecule has 0 aromatic carbocycles. The molecule has 0 aliphatic heterocycles. The van der Waals surface area contributed by atoms with E-state index in [0.717, 1.165) is 24.3 Å². The number of alkyl halides is 1. The van der Waals surface area contributed by atoms with Crippen molar-refractivity contribution in [1.82, 2.24) is 0 Å². The van der Waals surface area contributed by atoms with Crippen LogP contribution in [0.25, 0.3) is 0 Å². The third kappa shape index (κ3) is 8.30. The van der Waals surface area contributed by atoms with Crippen LogP contribution in [0, 0.1) is 5.92 Å². The maximum atomic E-state index is 5.14. The Morgan fingerprint density at radius 1 is 1.45 bits per heavy atom. The molecule has 0 saturated heterocycles. The smallest absolute Gasteiger partial charge is 0.146 e. The highest BCUT2D eigenvalue weighted by Crippen LogP contribution is 2.07. The fraction of sp³-hybridized carbons (Fsp3) is 1.00. The summed E-state index contributed by atoms with van der Waals surface area (Å²) in [5, 5.41) is 1.08. The molecule has 2 nitrogen and oxygen atoms in total. The zero-order valence-corrected chi connectivity index (χ0v) is 8.89. The lowest BCUT2D eigenvalue weighted by atomic mass is 10.1. The summed E-state index contributed by atoms with van der Waals surface area (Å²) in [5.74, 6) is 0.751. The molecule has 0 aliphatic carbocycles. The number of halogens is 1. The third-order valence-corrected chi connectivity index (χ3v) is 2.56. The number of rotatable bonds is 7. The standard InChI is InChI=1S/C8H17BrO2/c1-8(6-9)4-3-5-11-7-10-2/h8H,3-7H2,1-2H3/t8-/m0/s1. The van der Waals surface area contributed by atoms with Gasteiger partial charge in [-0.15, -0.1) is 0 Å². The molecule has 0 amide bonds. The van der Waals surface area contributed by atoms with Crippen LogP contribution in [0.5, 0.6) is 0 Å². The fourth-order valence-electron chi connectivity index (χ4n) is 0.753. The largest absolute Gasteiger partial charge is 0.359 e. The van der Waals surface area contributed by atoms with Crippen molar-refractivity contribution >= 4 is 15.9 Å². The maximum absolute atomic E-state index is 5.14. The molecule has 0 aliphatic rings. The van der Waals surface area contributed by atoms with Gasteiger partial charge in [0.1, 0.15) is 6.79 Å². The summed E-state index contributed by atoms with van der Waals surface area (Å²) in [5.41, 5.74) is 0. The summed E-state index contributed by atoms with van der Waals surface area (Å²) in [4.78, 5) is 0. The van der Waals surface area contributed by atoms with Crippen molar-refractivity contribution in [3.05, 3.63) is 0 Å². The van der Waals surface area contributed by atoms with Gasteiger partial charge in [0.15, 0.2) is 0 Å². The molecule has 0 N–H and O–H groups in total. The normalized spacial score (nSPS) is 13.4. The first-order valence-corrected chi connectivity index (χ1v) is 5.06. The Labute approximate surface area is 77.4 Å². The quantitative estimate of drug-likeness (QED) is 0.376. The molecule has 0 radical (unpaired) electrons. The summed E-state index contributed by atoms with van der Waals surface area (Å²) in [6, 6.07) is 0. The minimum absolute atomic E-state index is 0.419. The summed E-state index contributed by atoms with van der Waals surface area (Å²) >= 11 is 3.43. The summed E-state index contributed by atoms with van der Waals surface area (Å²) in [6.07, 6.45) is 2.34. The molecule has 0 aromatic heterocycles. The minimum Gasteiger partial charge on any atom is -0.359 e. The highest BCUT2D eigenvalue weighted by Gasteiger charge is 1.98. The summed E-state index contributed by atoms with van der Waals surface area (Å²) in [6.45, 7) is 3.46. The van der Waals surface area contributed by atoms with Crippen molar-refractivity contribution in [2.45, 2.75) is 19.8 Å². The van der Waals surface area contributed by atoms with Gasteiger partial charge in [-0.2, -0.15) is 0 Å². The Morgan fingerprint density at radius 3 is 2.73 bits per heavy atom. The van der Waals surface area contributed by atoms with E-state index in [2.05, 4.69) is 22.9 Å². The fourth-order valence-corrected chi connectivity index (χ4v) is 1.08. The molecular formula is C8H17BrO2. The highest BCUT2D eigenvalue weighted by molar-refractivity contribution is 9.09. The molecule has 0 fully saturated rings. The van der Waals surface area contributed by atoms with Crippen molar-refractivity contribution in [1.29, 1.82) is 0 Å². The molecule has 0 spiro atoms. The van der Waals surface area contributed by atoms with E-state index >= 15 is 0 Å². The van der Waals surface area contributed by atoms with Gasteiger partial charge in [-0.1, -0.05) is 22.9 Å². The highest BCUT2D eigenvalue weighted by atomic mass is 79.9. The Hall–Kier alpha value is 0.400. The van der Waals surface area contributed by atoms with Gasteiger partial charge in [0.05, 0.1) is 0 Å². The second-order valence-corrected chi connectivity index (χ2v) is 3.36. The molecule has 0 rings (SSSR count). The number of methoxy groups -OCH3 is 1. The first-order chi connectivity index (χ1) is 5.31. The van der Waals surface area contributed by atoms with Gasteiger partial charge < -0.3 is 9.47 Å². The van der Waals surface area contributed by atoms with Crippen molar-refractivity contribution in [2.75, 3.05) is 25.8 Å². The van der Waals surface area contributed by atoms with E-state index in [1.165, 1.54) is 6.42 Å². The third-order valence-electron chi connectivity index (χ3n) is 1.45. The monoisotopic (exact) mass is 224 g/mol. The van der Waals surface area contributed by atoms with Crippen molar-refractivity contribution in [3.63, 3.8) is 0 Å². The molecule has 0 bridgehead atoms. The predicted molar refractivity (Wildman–Crippen MR) is 50.0 cm³/mol. The van der Waals surface area contributed by atoms with E-state index < -0.39 is 0 Å². The second-order valence-electron chi connectivity index (χ2n) is 2.72. The van der Waals surface area contributed by atoms with Crippen LogP contribution in [0.3, 0.4) is 0 Å². The van der Waals surface area contributed by atoms with Gasteiger partial charge in [-0.3, -0.25) is 0 Å². The molecule has 0 aromatic rings. The summed E-state index contributed by atoms with van der Waals surface area (Å²) < 4.78 is 9.88. The second kappa shape index (κ2) is 8.50. The Morgan fingerprint density at radius 2 is 2.18 bits per heavy atom. The summed E-state index contributed by atoms with van der Waals surface area (Å²) in [7, 11) is 1.64. The number of ether oxygens (including phenoxy) is 2. The maximum Gasteiger partial charge on any atom is 0.146 e. The number of hydrogen-bond donors (Lipinski definition) is 0. The van der Waals surface area contributed by atoms with Gasteiger partial charge >= 0.3 is 0 Å². The predicted octanol–water partition coefficient (Wildman–Crippen LogP) is 2.42. The van der Waals surface area contributed by atoms with Crippen LogP contribution in [0.2, 0.25) is 0 Å². The van der Waals surface area contributed by atoms with E-state index in [9.17, 15) is 0 Å². The molecular weight excluding hydrogens is 208 g/mol. The topological polar surface area (TPSA) is 18.5 Å². The van der Waals surface area contributed by atoms with Gasteiger partial charge in [0.25, 0.3) is 0 Å². The van der Waals surface area contributed by atoms with Gasteiger partial charge in [-0.05, 0) is 18.8 Å². The van der Waals surface area contributed by atoms with E-state index in [1.54, 1.807) is 7.11 Å². The SMILES string of the molecule is COCOCCC[C@H](C)CBr. The van der Waals surface area contributed by atoms with E-state index in [1.807, 2.05) is 0 Å². The van der Waals surface area contributed by atoms with Gasteiger partial charge in [0, 0.05) is 19.0 Å². The molecule has 0 saturated carbocycles. The van der Waals surface area contributed by atoms with Crippen molar-refractivity contribution in [2.24, 2.45) is 5.92 Å². The number of hydrogen-bond acceptors (Lipinski definition) is 2. The van der Waals surface area contributed by atoms with Crippen molar-refractivity contribution < 1.29 is 9.47 Å². The zero-order valence-electron chi connectivity index (χ0n) is 7.31. The first kappa shape index (κ1) is 11.4. The Kier molecular flexibility index (Phi) is 8.81. The van der Waals surface area contributed by atoms with E-state index in [4.69, 9.17) is 9.47 Å². The van der Waals surface area contributed by atoms with Crippen LogP contribution < -0.4 is 0 Å². The van der Waals surface area contributed by atoms with Crippen LogP contribution in [0.4, 0.5) is 0 Å². The van der Waals surface area contributed by atoms with Crippen LogP contribution in [0.15, 0.2) is 0 Å². The molecule has 0 unspecified atom stereocenters. The molecule has 68 valence electrons. The molecule has 11 heavy (non-hydrogen) atoms. The van der Waals surface area contributed by atoms with Crippen molar-refractivity contribution in [3.8, 4) is 0 Å². The lowest BCUT2D eigenvalue weighted by Gasteiger charge is -2.06. The van der Waals surface area contributed by atoms with Crippen LogP contribution in [-0.2, 0) is 9.47 Å². The van der Waals surface area contributed by atoms with Crippen LogP contribution in [-0.4, -0.2) is 25.8 Å². The zero-order chi connectivity index (χ0) is 8.53. The average Bonchev–Trinajstić information content (AvgIpc) is 2.04. The Bertz CT molecular complexity index is 78.5. The van der Waals surface area contributed by atoms with Crippen LogP contribution >= 0.6 is 15.9 Å². The molecule has 0 heterocycles. The average molecular weight is 225 g/mol. The van der Waals surface area contributed by atoms with Gasteiger partial charge in [-0.25, -0.2) is 0 Å². The Balaban J connectivity index is 2.89. The van der Waals surface area contributed by atoms with E-state index in [-0.39, 0.29) is 0 Å².